The summed E-state index contributed by atoms with van der Waals surface area (Å²) >= 11 is 1.24. The molecule has 2 amide bonds. The minimum atomic E-state index is -0.408. The van der Waals surface area contributed by atoms with Crippen molar-refractivity contribution in [1.82, 2.24) is 20.6 Å². The Morgan fingerprint density at radius 1 is 1.08 bits per heavy atom. The van der Waals surface area contributed by atoms with Crippen LogP contribution in [0.5, 0.6) is 0 Å². The second-order valence-electron chi connectivity index (χ2n) is 4.93. The Balaban J connectivity index is 1.55. The number of carbonyl (C=O) groups excluding carboxylic acids is 2. The first-order chi connectivity index (χ1) is 11.5. The number of aromatic nitrogens is 3. The highest BCUT2D eigenvalue weighted by Crippen LogP contribution is 2.16. The molecular formula is C14H13N5O4S. The maximum absolute atomic E-state index is 11.9. The van der Waals surface area contributed by atoms with Gasteiger partial charge < -0.3 is 14.4 Å². The summed E-state index contributed by atoms with van der Waals surface area (Å²) in [6.45, 7) is 3.61. The van der Waals surface area contributed by atoms with Crippen LogP contribution in [0.3, 0.4) is 0 Å². The minimum absolute atomic E-state index is 0.180. The van der Waals surface area contributed by atoms with E-state index < -0.39 is 5.91 Å². The highest BCUT2D eigenvalue weighted by Gasteiger charge is 2.14. The van der Waals surface area contributed by atoms with Crippen LogP contribution in [0, 0.1) is 13.8 Å². The van der Waals surface area contributed by atoms with Gasteiger partial charge in [-0.25, -0.2) is 4.98 Å². The van der Waals surface area contributed by atoms with Crippen LogP contribution >= 0.6 is 11.3 Å². The van der Waals surface area contributed by atoms with Crippen LogP contribution in [-0.2, 0) is 6.54 Å². The topological polar surface area (TPSA) is 123 Å². The highest BCUT2D eigenvalue weighted by molar-refractivity contribution is 7.13. The summed E-state index contributed by atoms with van der Waals surface area (Å²) < 4.78 is 9.69. The number of anilines is 1. The molecule has 124 valence electrons. The van der Waals surface area contributed by atoms with Gasteiger partial charge in [-0.3, -0.25) is 14.9 Å². The van der Waals surface area contributed by atoms with E-state index in [0.29, 0.717) is 22.3 Å². The van der Waals surface area contributed by atoms with Crippen LogP contribution in [-0.4, -0.2) is 27.1 Å². The van der Waals surface area contributed by atoms with Gasteiger partial charge in [-0.05, 0) is 13.8 Å². The first-order valence-electron chi connectivity index (χ1n) is 6.92. The zero-order chi connectivity index (χ0) is 17.1. The Morgan fingerprint density at radius 2 is 1.71 bits per heavy atom. The number of amides is 2. The molecule has 0 radical (unpaired) electrons. The van der Waals surface area contributed by atoms with Crippen LogP contribution in [0.2, 0.25) is 0 Å². The van der Waals surface area contributed by atoms with Crippen LogP contribution in [0.15, 0.2) is 26.6 Å². The largest absolute Gasteiger partial charge is 0.361 e. The molecule has 3 aromatic rings. The Hall–Kier alpha value is -3.01. The lowest BCUT2D eigenvalue weighted by Gasteiger charge is -1.99. The van der Waals surface area contributed by atoms with Gasteiger partial charge in [0.2, 0.25) is 0 Å². The van der Waals surface area contributed by atoms with Crippen molar-refractivity contribution in [3.8, 4) is 0 Å². The van der Waals surface area contributed by atoms with Gasteiger partial charge in [0.05, 0.1) is 12.2 Å². The quantitative estimate of drug-likeness (QED) is 0.722. The molecule has 0 unspecified atom stereocenters. The van der Waals surface area contributed by atoms with Crippen molar-refractivity contribution in [3.05, 3.63) is 46.1 Å². The molecule has 3 aromatic heterocycles. The monoisotopic (exact) mass is 347 g/mol. The molecule has 0 atom stereocenters. The number of thiazole rings is 1. The molecule has 3 rings (SSSR count). The van der Waals surface area contributed by atoms with Crippen molar-refractivity contribution < 1.29 is 18.6 Å². The summed E-state index contributed by atoms with van der Waals surface area (Å²) in [4.78, 5) is 28.0. The van der Waals surface area contributed by atoms with Gasteiger partial charge in [0.1, 0.15) is 11.5 Å². The van der Waals surface area contributed by atoms with E-state index in [1.165, 1.54) is 17.4 Å². The van der Waals surface area contributed by atoms with Crippen molar-refractivity contribution in [2.75, 3.05) is 5.32 Å². The SMILES string of the molecule is Cc1cc(C(=O)NCc2csc(NC(=O)c3cc(C)on3)n2)no1. The molecule has 0 saturated heterocycles. The molecule has 0 spiro atoms. The normalized spacial score (nSPS) is 10.6. The molecule has 3 heterocycles. The number of nitrogens with zero attached hydrogens (tertiary/aromatic N) is 3. The molecule has 0 saturated carbocycles. The van der Waals surface area contributed by atoms with E-state index in [1.807, 2.05) is 0 Å². The molecule has 2 N–H and O–H groups in total. The van der Waals surface area contributed by atoms with Crippen LogP contribution in [0.25, 0.3) is 0 Å². The van der Waals surface area contributed by atoms with Gasteiger partial charge in [0, 0.05) is 17.5 Å². The first kappa shape index (κ1) is 15.9. The predicted molar refractivity (Wildman–Crippen MR) is 83.7 cm³/mol. The van der Waals surface area contributed by atoms with E-state index in [9.17, 15) is 9.59 Å². The van der Waals surface area contributed by atoms with E-state index in [1.54, 1.807) is 25.3 Å². The van der Waals surface area contributed by atoms with Crippen molar-refractivity contribution >= 4 is 28.3 Å². The summed E-state index contributed by atoms with van der Waals surface area (Å²) in [7, 11) is 0. The van der Waals surface area contributed by atoms with E-state index in [-0.39, 0.29) is 23.8 Å². The van der Waals surface area contributed by atoms with E-state index in [0.717, 1.165) is 0 Å². The second-order valence-corrected chi connectivity index (χ2v) is 5.78. The fourth-order valence-corrected chi connectivity index (χ4v) is 2.52. The minimum Gasteiger partial charge on any atom is -0.361 e. The molecule has 24 heavy (non-hydrogen) atoms. The average Bonchev–Trinajstić information content (AvgIpc) is 3.26. The molecule has 10 heteroatoms. The lowest BCUT2D eigenvalue weighted by atomic mass is 10.3. The number of nitrogens with one attached hydrogen (secondary N) is 2. The van der Waals surface area contributed by atoms with Crippen LogP contribution < -0.4 is 10.6 Å². The highest BCUT2D eigenvalue weighted by atomic mass is 32.1. The van der Waals surface area contributed by atoms with Crippen molar-refractivity contribution in [2.45, 2.75) is 20.4 Å². The van der Waals surface area contributed by atoms with Gasteiger partial charge >= 0.3 is 0 Å². The second kappa shape index (κ2) is 6.62. The summed E-state index contributed by atoms with van der Waals surface area (Å²) in [5.74, 6) is 0.339. The third-order valence-corrected chi connectivity index (χ3v) is 3.73. The molecular weight excluding hydrogens is 334 g/mol. The van der Waals surface area contributed by atoms with Gasteiger partial charge in [0.25, 0.3) is 11.8 Å². The van der Waals surface area contributed by atoms with Crippen LogP contribution in [0.1, 0.15) is 38.2 Å². The van der Waals surface area contributed by atoms with Gasteiger partial charge in [-0.2, -0.15) is 0 Å². The van der Waals surface area contributed by atoms with E-state index in [4.69, 9.17) is 9.05 Å². The lowest BCUT2D eigenvalue weighted by Crippen LogP contribution is -2.23. The maximum atomic E-state index is 11.9. The fourth-order valence-electron chi connectivity index (χ4n) is 1.81. The van der Waals surface area contributed by atoms with Gasteiger partial charge in [0.15, 0.2) is 16.5 Å². The summed E-state index contributed by atoms with van der Waals surface area (Å²) in [6, 6.07) is 3.08. The number of hydrogen-bond acceptors (Lipinski definition) is 8. The fraction of sp³-hybridized carbons (Fsp3) is 0.214. The number of carbonyl (C=O) groups is 2. The number of aryl methyl sites for hydroxylation is 2. The predicted octanol–water partition coefficient (Wildman–Crippen LogP) is 1.92. The molecule has 0 bridgehead atoms. The Morgan fingerprint density at radius 3 is 2.29 bits per heavy atom. The summed E-state index contributed by atoms with van der Waals surface area (Å²) in [6.07, 6.45) is 0. The summed E-state index contributed by atoms with van der Waals surface area (Å²) in [5, 5.41) is 14.7. The maximum Gasteiger partial charge on any atom is 0.279 e. The van der Waals surface area contributed by atoms with Crippen molar-refractivity contribution in [3.63, 3.8) is 0 Å². The molecule has 9 nitrogen and oxygen atoms in total. The molecule has 0 aliphatic heterocycles. The molecule has 0 aliphatic rings. The zero-order valence-corrected chi connectivity index (χ0v) is 13.6. The Labute approximate surface area is 140 Å². The lowest BCUT2D eigenvalue weighted by molar-refractivity contribution is 0.0940. The average molecular weight is 347 g/mol. The standard InChI is InChI=1S/C14H13N5O4S/c1-7-3-10(18-22-7)12(20)15-5-9-6-24-14(16-9)17-13(21)11-4-8(2)23-19-11/h3-4,6H,5H2,1-2H3,(H,15,20)(H,16,17,21). The first-order valence-corrected chi connectivity index (χ1v) is 7.80. The molecule has 0 fully saturated rings. The number of rotatable bonds is 5. The molecule has 0 aliphatic carbocycles. The number of hydrogen-bond donors (Lipinski definition) is 2. The Kier molecular flexibility index (Phi) is 4.38. The molecule has 0 aromatic carbocycles. The van der Waals surface area contributed by atoms with Crippen molar-refractivity contribution in [2.24, 2.45) is 0 Å². The third kappa shape index (κ3) is 3.66. The van der Waals surface area contributed by atoms with Gasteiger partial charge in [-0.1, -0.05) is 10.3 Å². The van der Waals surface area contributed by atoms with Gasteiger partial charge in [-0.15, -0.1) is 11.3 Å². The zero-order valence-electron chi connectivity index (χ0n) is 12.8. The smallest absolute Gasteiger partial charge is 0.279 e. The third-order valence-electron chi connectivity index (χ3n) is 2.92. The van der Waals surface area contributed by atoms with Crippen LogP contribution in [0.4, 0.5) is 5.13 Å². The Bertz CT molecular complexity index is 881. The van der Waals surface area contributed by atoms with Crippen molar-refractivity contribution in [1.29, 1.82) is 0 Å². The van der Waals surface area contributed by atoms with E-state index in [2.05, 4.69) is 25.9 Å². The van der Waals surface area contributed by atoms with E-state index >= 15 is 0 Å². The summed E-state index contributed by atoms with van der Waals surface area (Å²) in [5.41, 5.74) is 0.997.